The summed E-state index contributed by atoms with van der Waals surface area (Å²) in [5.41, 5.74) is -1.44. The maximum Gasteiger partial charge on any atom is 0.394 e. The van der Waals surface area contributed by atoms with Crippen LogP contribution in [0.15, 0.2) is 0 Å². The molecule has 1 fully saturated rings. The molecule has 0 aromatic carbocycles. The van der Waals surface area contributed by atoms with Gasteiger partial charge >= 0.3 is 6.18 Å². The van der Waals surface area contributed by atoms with Crippen LogP contribution in [0, 0.1) is 5.41 Å². The Hall–Kier alpha value is -0.210. The van der Waals surface area contributed by atoms with Crippen molar-refractivity contribution < 1.29 is 13.2 Å². The molecule has 1 rings (SSSR count). The second kappa shape index (κ2) is 6.65. The van der Waals surface area contributed by atoms with Crippen LogP contribution in [0.4, 0.5) is 13.2 Å². The summed E-state index contributed by atoms with van der Waals surface area (Å²) in [4.78, 5) is 0. The van der Waals surface area contributed by atoms with Gasteiger partial charge in [0.15, 0.2) is 0 Å². The lowest BCUT2D eigenvalue weighted by Gasteiger charge is -2.32. The first-order chi connectivity index (χ1) is 7.96. The van der Waals surface area contributed by atoms with Crippen LogP contribution in [0.3, 0.4) is 0 Å². The summed E-state index contributed by atoms with van der Waals surface area (Å²) in [6, 6.07) is 0. The van der Waals surface area contributed by atoms with Crippen LogP contribution in [0.5, 0.6) is 0 Å². The summed E-state index contributed by atoms with van der Waals surface area (Å²) in [5, 5.41) is 0. The normalized spacial score (nSPS) is 24.7. The third-order valence-corrected chi connectivity index (χ3v) is 4.14. The van der Waals surface area contributed by atoms with E-state index in [4.69, 9.17) is 0 Å². The van der Waals surface area contributed by atoms with Crippen molar-refractivity contribution in [1.82, 2.24) is 0 Å². The van der Waals surface area contributed by atoms with E-state index < -0.39 is 11.6 Å². The third-order valence-electron chi connectivity index (χ3n) is 4.14. The third kappa shape index (κ3) is 4.89. The van der Waals surface area contributed by atoms with E-state index >= 15 is 0 Å². The SMILES string of the molecule is CC1(C(F)(F)F)CCCCCCCCCCC1. The highest BCUT2D eigenvalue weighted by molar-refractivity contribution is 4.82. The number of hydrogen-bond donors (Lipinski definition) is 0. The molecular weight excluding hydrogens is 225 g/mol. The predicted molar refractivity (Wildman–Crippen MR) is 64.9 cm³/mol. The average molecular weight is 250 g/mol. The van der Waals surface area contributed by atoms with Crippen molar-refractivity contribution in [1.29, 1.82) is 0 Å². The van der Waals surface area contributed by atoms with Crippen molar-refractivity contribution in [2.75, 3.05) is 0 Å². The minimum atomic E-state index is -4.03. The first-order valence-electron chi connectivity index (χ1n) is 7.02. The van der Waals surface area contributed by atoms with Gasteiger partial charge in [-0.3, -0.25) is 0 Å². The minimum Gasteiger partial charge on any atom is -0.171 e. The molecule has 17 heavy (non-hydrogen) atoms. The fourth-order valence-electron chi connectivity index (χ4n) is 2.68. The number of alkyl halides is 3. The van der Waals surface area contributed by atoms with Gasteiger partial charge in [-0.05, 0) is 12.8 Å². The topological polar surface area (TPSA) is 0 Å². The van der Waals surface area contributed by atoms with E-state index in [0.29, 0.717) is 12.8 Å². The fraction of sp³-hybridized carbons (Fsp3) is 1.00. The highest BCUT2D eigenvalue weighted by Crippen LogP contribution is 2.46. The Balaban J connectivity index is 2.54. The van der Waals surface area contributed by atoms with Gasteiger partial charge in [0, 0.05) is 0 Å². The van der Waals surface area contributed by atoms with Crippen LogP contribution in [-0.2, 0) is 0 Å². The lowest BCUT2D eigenvalue weighted by atomic mass is 9.78. The van der Waals surface area contributed by atoms with Crippen molar-refractivity contribution in [3.8, 4) is 0 Å². The molecule has 0 radical (unpaired) electrons. The van der Waals surface area contributed by atoms with Gasteiger partial charge < -0.3 is 0 Å². The van der Waals surface area contributed by atoms with Gasteiger partial charge in [-0.25, -0.2) is 0 Å². The van der Waals surface area contributed by atoms with E-state index in [1.807, 2.05) is 0 Å². The van der Waals surface area contributed by atoms with Crippen LogP contribution < -0.4 is 0 Å². The Bertz CT molecular complexity index is 196. The van der Waals surface area contributed by atoms with E-state index in [1.54, 1.807) is 0 Å². The smallest absolute Gasteiger partial charge is 0.171 e. The lowest BCUT2D eigenvalue weighted by Crippen LogP contribution is -2.35. The molecule has 0 aromatic heterocycles. The van der Waals surface area contributed by atoms with Crippen LogP contribution >= 0.6 is 0 Å². The second-order valence-corrected chi connectivity index (χ2v) is 5.74. The van der Waals surface area contributed by atoms with Crippen molar-refractivity contribution in [2.24, 2.45) is 5.41 Å². The molecule has 0 aromatic rings. The summed E-state index contributed by atoms with van der Waals surface area (Å²) in [7, 11) is 0. The van der Waals surface area contributed by atoms with Crippen molar-refractivity contribution in [3.63, 3.8) is 0 Å². The summed E-state index contributed by atoms with van der Waals surface area (Å²) >= 11 is 0. The standard InChI is InChI=1S/C14H25F3/c1-13(14(15,16)17)11-9-7-5-3-2-4-6-8-10-12-13/h2-12H2,1H3. The Morgan fingerprint density at radius 1 is 0.647 bits per heavy atom. The maximum atomic E-state index is 13.1. The summed E-state index contributed by atoms with van der Waals surface area (Å²) in [5.74, 6) is 0. The van der Waals surface area contributed by atoms with E-state index in [9.17, 15) is 13.2 Å². The number of rotatable bonds is 0. The van der Waals surface area contributed by atoms with Crippen LogP contribution in [-0.4, -0.2) is 6.18 Å². The molecule has 0 unspecified atom stereocenters. The van der Waals surface area contributed by atoms with Gasteiger partial charge in [-0.2, -0.15) is 13.2 Å². The monoisotopic (exact) mass is 250 g/mol. The second-order valence-electron chi connectivity index (χ2n) is 5.74. The van der Waals surface area contributed by atoms with Gasteiger partial charge in [0.25, 0.3) is 0 Å². The Morgan fingerprint density at radius 3 is 1.24 bits per heavy atom. The Labute approximate surface area is 103 Å². The van der Waals surface area contributed by atoms with Gasteiger partial charge in [-0.15, -0.1) is 0 Å². The lowest BCUT2D eigenvalue weighted by molar-refractivity contribution is -0.223. The van der Waals surface area contributed by atoms with E-state index in [-0.39, 0.29) is 0 Å². The number of halogens is 3. The molecule has 0 spiro atoms. The molecular formula is C14H25F3. The van der Waals surface area contributed by atoms with Crippen LogP contribution in [0.1, 0.15) is 77.6 Å². The highest BCUT2D eigenvalue weighted by Gasteiger charge is 2.49. The molecule has 1 aliphatic carbocycles. The average Bonchev–Trinajstić information content (AvgIpc) is 2.21. The summed E-state index contributed by atoms with van der Waals surface area (Å²) in [6.07, 6.45) is 5.86. The molecule has 0 nitrogen and oxygen atoms in total. The van der Waals surface area contributed by atoms with Gasteiger partial charge in [-0.1, -0.05) is 64.7 Å². The largest absolute Gasteiger partial charge is 0.394 e. The fourth-order valence-corrected chi connectivity index (χ4v) is 2.68. The van der Waals surface area contributed by atoms with Crippen molar-refractivity contribution in [3.05, 3.63) is 0 Å². The molecule has 1 aliphatic rings. The predicted octanol–water partition coefficient (Wildman–Crippen LogP) is 5.86. The van der Waals surface area contributed by atoms with Crippen molar-refractivity contribution >= 4 is 0 Å². The molecule has 0 saturated heterocycles. The summed E-state index contributed by atoms with van der Waals surface area (Å²) in [6.45, 7) is 1.42. The molecule has 0 N–H and O–H groups in total. The van der Waals surface area contributed by atoms with Crippen LogP contribution in [0.2, 0.25) is 0 Å². The molecule has 0 heterocycles. The molecule has 0 bridgehead atoms. The zero-order valence-electron chi connectivity index (χ0n) is 10.9. The van der Waals surface area contributed by atoms with Gasteiger partial charge in [0.1, 0.15) is 0 Å². The molecule has 1 saturated carbocycles. The highest BCUT2D eigenvalue weighted by atomic mass is 19.4. The summed E-state index contributed by atoms with van der Waals surface area (Å²) < 4.78 is 39.2. The van der Waals surface area contributed by atoms with Gasteiger partial charge in [0.05, 0.1) is 5.41 Å². The first-order valence-corrected chi connectivity index (χ1v) is 7.02. The number of hydrogen-bond acceptors (Lipinski definition) is 0. The quantitative estimate of drug-likeness (QED) is 0.505. The van der Waals surface area contributed by atoms with E-state index in [1.165, 1.54) is 26.2 Å². The Kier molecular flexibility index (Phi) is 5.81. The molecule has 102 valence electrons. The minimum absolute atomic E-state index is 0.316. The maximum absolute atomic E-state index is 13.1. The van der Waals surface area contributed by atoms with E-state index in [0.717, 1.165) is 38.5 Å². The van der Waals surface area contributed by atoms with E-state index in [2.05, 4.69) is 0 Å². The molecule has 3 heteroatoms. The van der Waals surface area contributed by atoms with Gasteiger partial charge in [0.2, 0.25) is 0 Å². The van der Waals surface area contributed by atoms with Crippen LogP contribution in [0.25, 0.3) is 0 Å². The Morgan fingerprint density at radius 2 is 0.941 bits per heavy atom. The molecule has 0 amide bonds. The zero-order valence-corrected chi connectivity index (χ0v) is 10.9. The molecule has 0 atom stereocenters. The zero-order chi connectivity index (χ0) is 12.8. The molecule has 0 aliphatic heterocycles. The van der Waals surface area contributed by atoms with Crippen molar-refractivity contribution in [2.45, 2.75) is 83.7 Å². The first kappa shape index (κ1) is 14.8.